The first-order chi connectivity index (χ1) is 13.9. The number of ether oxygens (including phenoxy) is 2. The third-order valence-corrected chi connectivity index (χ3v) is 6.53. The van der Waals surface area contributed by atoms with Gasteiger partial charge in [-0.05, 0) is 55.3 Å². The van der Waals surface area contributed by atoms with Crippen molar-refractivity contribution in [2.45, 2.75) is 17.7 Å². The van der Waals surface area contributed by atoms with Crippen molar-refractivity contribution in [2.75, 3.05) is 32.8 Å². The number of rotatable bonds is 9. The molecule has 0 aromatic heterocycles. The van der Waals surface area contributed by atoms with Crippen molar-refractivity contribution in [3.8, 4) is 11.5 Å². The highest BCUT2D eigenvalue weighted by Gasteiger charge is 2.26. The fraction of sp³-hybridized carbons (Fsp3) is 0.350. The van der Waals surface area contributed by atoms with Gasteiger partial charge in [0.05, 0.1) is 11.4 Å². The van der Waals surface area contributed by atoms with Crippen LogP contribution in [0, 0.1) is 0 Å². The van der Waals surface area contributed by atoms with Gasteiger partial charge in [-0.25, -0.2) is 8.42 Å². The molecule has 0 bridgehead atoms. The zero-order valence-electron chi connectivity index (χ0n) is 15.8. The summed E-state index contributed by atoms with van der Waals surface area (Å²) in [6, 6.07) is 13.1. The monoisotopic (exact) mass is 438 g/mol. The lowest BCUT2D eigenvalue weighted by Gasteiger charge is -2.15. The minimum atomic E-state index is -3.43. The lowest BCUT2D eigenvalue weighted by molar-refractivity contribution is -0.123. The molecule has 29 heavy (non-hydrogen) atoms. The largest absolute Gasteiger partial charge is 0.492 e. The van der Waals surface area contributed by atoms with Crippen LogP contribution >= 0.6 is 11.6 Å². The van der Waals surface area contributed by atoms with Crippen LogP contribution in [0.1, 0.15) is 12.8 Å². The summed E-state index contributed by atoms with van der Waals surface area (Å²) in [5.41, 5.74) is 0. The predicted molar refractivity (Wildman–Crippen MR) is 110 cm³/mol. The number of nitrogens with zero attached hydrogens (tertiary/aromatic N) is 1. The Morgan fingerprint density at radius 1 is 1.03 bits per heavy atom. The third kappa shape index (κ3) is 6.09. The van der Waals surface area contributed by atoms with E-state index < -0.39 is 10.0 Å². The molecule has 9 heteroatoms. The molecule has 0 aliphatic carbocycles. The number of carbonyl (C=O) groups excluding carboxylic acids is 1. The molecule has 156 valence electrons. The zero-order valence-corrected chi connectivity index (χ0v) is 17.4. The molecule has 0 radical (unpaired) electrons. The van der Waals surface area contributed by atoms with Crippen LogP contribution in [0.4, 0.5) is 0 Å². The molecular formula is C20H23ClN2O5S. The fourth-order valence-electron chi connectivity index (χ4n) is 2.90. The van der Waals surface area contributed by atoms with E-state index in [9.17, 15) is 13.2 Å². The molecule has 0 unspecified atom stereocenters. The molecule has 1 saturated heterocycles. The van der Waals surface area contributed by atoms with Crippen LogP contribution in [0.25, 0.3) is 0 Å². The highest BCUT2D eigenvalue weighted by atomic mass is 35.5. The van der Waals surface area contributed by atoms with Gasteiger partial charge in [0.25, 0.3) is 5.91 Å². The van der Waals surface area contributed by atoms with Crippen LogP contribution in [-0.2, 0) is 14.8 Å². The second-order valence-corrected chi connectivity index (χ2v) is 8.90. The van der Waals surface area contributed by atoms with E-state index >= 15 is 0 Å². The second-order valence-electron chi connectivity index (χ2n) is 6.53. The molecule has 1 aliphatic heterocycles. The number of hydrogen-bond donors (Lipinski definition) is 1. The maximum atomic E-state index is 12.5. The Morgan fingerprint density at radius 3 is 2.45 bits per heavy atom. The van der Waals surface area contributed by atoms with Gasteiger partial charge in [-0.1, -0.05) is 17.7 Å². The first kappa shape index (κ1) is 21.4. The summed E-state index contributed by atoms with van der Waals surface area (Å²) in [5, 5.41) is 3.22. The molecule has 0 spiro atoms. The van der Waals surface area contributed by atoms with Gasteiger partial charge in [0, 0.05) is 18.1 Å². The standard InChI is InChI=1S/C20H23ClN2O5S/c21-16-4-3-5-18(14-16)28-15-20(24)22-10-13-27-17-6-8-19(9-7-17)29(25,26)23-11-1-2-12-23/h3-9,14H,1-2,10-13,15H2,(H,22,24). The molecule has 1 fully saturated rings. The van der Waals surface area contributed by atoms with Crippen LogP contribution in [0.5, 0.6) is 11.5 Å². The van der Waals surface area contributed by atoms with Crippen molar-refractivity contribution >= 4 is 27.5 Å². The maximum Gasteiger partial charge on any atom is 0.258 e. The van der Waals surface area contributed by atoms with Crippen LogP contribution in [0.2, 0.25) is 5.02 Å². The molecule has 1 aliphatic rings. The van der Waals surface area contributed by atoms with Crippen molar-refractivity contribution in [1.82, 2.24) is 9.62 Å². The van der Waals surface area contributed by atoms with E-state index in [0.717, 1.165) is 12.8 Å². The summed E-state index contributed by atoms with van der Waals surface area (Å²) < 4.78 is 37.4. The van der Waals surface area contributed by atoms with Gasteiger partial charge in [-0.2, -0.15) is 4.31 Å². The van der Waals surface area contributed by atoms with Crippen molar-refractivity contribution in [3.63, 3.8) is 0 Å². The van der Waals surface area contributed by atoms with Gasteiger partial charge < -0.3 is 14.8 Å². The topological polar surface area (TPSA) is 84.9 Å². The molecule has 0 atom stereocenters. The number of carbonyl (C=O) groups is 1. The number of hydrogen-bond acceptors (Lipinski definition) is 5. The van der Waals surface area contributed by atoms with E-state index in [1.54, 1.807) is 48.5 Å². The summed E-state index contributed by atoms with van der Waals surface area (Å²) in [6.45, 7) is 1.57. The minimum Gasteiger partial charge on any atom is -0.492 e. The first-order valence-corrected chi connectivity index (χ1v) is 11.1. The lowest BCUT2D eigenvalue weighted by atomic mass is 10.3. The number of halogens is 1. The highest BCUT2D eigenvalue weighted by Crippen LogP contribution is 2.22. The van der Waals surface area contributed by atoms with Crippen molar-refractivity contribution in [2.24, 2.45) is 0 Å². The minimum absolute atomic E-state index is 0.122. The van der Waals surface area contributed by atoms with E-state index in [1.807, 2.05) is 0 Å². The molecule has 1 amide bonds. The quantitative estimate of drug-likeness (QED) is 0.608. The summed E-state index contributed by atoms with van der Waals surface area (Å²) in [5.74, 6) is 0.781. The average Bonchev–Trinajstić information content (AvgIpc) is 3.26. The normalized spacial score (nSPS) is 14.5. The fourth-order valence-corrected chi connectivity index (χ4v) is 4.60. The maximum absolute atomic E-state index is 12.5. The second kappa shape index (κ2) is 9.96. The van der Waals surface area contributed by atoms with Gasteiger partial charge in [0.1, 0.15) is 18.1 Å². The van der Waals surface area contributed by atoms with Crippen LogP contribution in [-0.4, -0.2) is 51.5 Å². The van der Waals surface area contributed by atoms with Gasteiger partial charge in [-0.15, -0.1) is 0 Å². The van der Waals surface area contributed by atoms with Gasteiger partial charge in [0.15, 0.2) is 6.61 Å². The lowest BCUT2D eigenvalue weighted by Crippen LogP contribution is -2.32. The summed E-state index contributed by atoms with van der Waals surface area (Å²) in [4.78, 5) is 12.1. The summed E-state index contributed by atoms with van der Waals surface area (Å²) >= 11 is 5.86. The molecule has 2 aromatic rings. The Kier molecular flexibility index (Phi) is 7.35. The van der Waals surface area contributed by atoms with Crippen LogP contribution < -0.4 is 14.8 Å². The Balaban J connectivity index is 1.38. The van der Waals surface area contributed by atoms with E-state index in [0.29, 0.717) is 36.2 Å². The Bertz CT molecular complexity index is 928. The van der Waals surface area contributed by atoms with E-state index in [2.05, 4.69) is 5.32 Å². The number of nitrogens with one attached hydrogen (secondary N) is 1. The molecule has 1 heterocycles. The van der Waals surface area contributed by atoms with E-state index in [1.165, 1.54) is 4.31 Å². The SMILES string of the molecule is O=C(COc1cccc(Cl)c1)NCCOc1ccc(S(=O)(=O)N2CCCC2)cc1. The van der Waals surface area contributed by atoms with Crippen molar-refractivity contribution in [1.29, 1.82) is 0 Å². The van der Waals surface area contributed by atoms with Gasteiger partial charge >= 0.3 is 0 Å². The van der Waals surface area contributed by atoms with Gasteiger partial charge in [0.2, 0.25) is 10.0 Å². The summed E-state index contributed by atoms with van der Waals surface area (Å²) in [6.07, 6.45) is 1.80. The molecule has 2 aromatic carbocycles. The molecule has 0 saturated carbocycles. The van der Waals surface area contributed by atoms with Crippen molar-refractivity contribution < 1.29 is 22.7 Å². The Hall–Kier alpha value is -2.29. The Morgan fingerprint density at radius 2 is 1.76 bits per heavy atom. The molecule has 1 N–H and O–H groups in total. The average molecular weight is 439 g/mol. The number of amides is 1. The highest BCUT2D eigenvalue weighted by molar-refractivity contribution is 7.89. The van der Waals surface area contributed by atoms with Gasteiger partial charge in [-0.3, -0.25) is 4.79 Å². The number of sulfonamides is 1. The van der Waals surface area contributed by atoms with E-state index in [4.69, 9.17) is 21.1 Å². The Labute approximate surface area is 175 Å². The molecule has 7 nitrogen and oxygen atoms in total. The molecule has 3 rings (SSSR count). The number of benzene rings is 2. The predicted octanol–water partition coefficient (Wildman–Crippen LogP) is 2.70. The van der Waals surface area contributed by atoms with Crippen LogP contribution in [0.15, 0.2) is 53.4 Å². The van der Waals surface area contributed by atoms with Crippen molar-refractivity contribution in [3.05, 3.63) is 53.6 Å². The molecular weight excluding hydrogens is 416 g/mol. The first-order valence-electron chi connectivity index (χ1n) is 9.33. The summed E-state index contributed by atoms with van der Waals surface area (Å²) in [7, 11) is -3.43. The smallest absolute Gasteiger partial charge is 0.258 e. The zero-order chi connectivity index (χ0) is 20.7. The third-order valence-electron chi connectivity index (χ3n) is 4.39. The van der Waals surface area contributed by atoms with Crippen LogP contribution in [0.3, 0.4) is 0 Å². The van der Waals surface area contributed by atoms with E-state index in [-0.39, 0.29) is 24.0 Å².